The third kappa shape index (κ3) is 1.58. The molecule has 0 spiro atoms. The van der Waals surface area contributed by atoms with Crippen molar-refractivity contribution in [3.05, 3.63) is 36.4 Å². The van der Waals surface area contributed by atoms with Crippen LogP contribution < -0.4 is 0 Å². The van der Waals surface area contributed by atoms with E-state index in [0.29, 0.717) is 18.8 Å². The smallest absolute Gasteiger partial charge is 0.144 e. The van der Waals surface area contributed by atoms with Gasteiger partial charge in [-0.2, -0.15) is 0 Å². The van der Waals surface area contributed by atoms with Gasteiger partial charge in [-0.05, 0) is 18.6 Å². The van der Waals surface area contributed by atoms with Crippen molar-refractivity contribution < 1.29 is 10.2 Å². The van der Waals surface area contributed by atoms with Crippen molar-refractivity contribution in [2.45, 2.75) is 24.7 Å². The highest BCUT2D eigenvalue weighted by Gasteiger charge is 2.41. The van der Waals surface area contributed by atoms with Crippen molar-refractivity contribution in [1.82, 2.24) is 14.3 Å². The van der Waals surface area contributed by atoms with Gasteiger partial charge in [0, 0.05) is 12.7 Å². The van der Waals surface area contributed by atoms with Crippen LogP contribution in [-0.2, 0) is 0 Å². The zero-order chi connectivity index (χ0) is 13.7. The molecule has 0 radical (unpaired) electrons. The summed E-state index contributed by atoms with van der Waals surface area (Å²) in [6.45, 7) is 1.25. The molecule has 3 unspecified atom stereocenters. The van der Waals surface area contributed by atoms with Gasteiger partial charge >= 0.3 is 0 Å². The molecule has 1 fully saturated rings. The molecular formula is C14H16N4O2. The minimum atomic E-state index is -0.716. The van der Waals surface area contributed by atoms with Crippen molar-refractivity contribution in [1.29, 1.82) is 0 Å². The summed E-state index contributed by atoms with van der Waals surface area (Å²) in [4.78, 5) is 10.7. The maximum atomic E-state index is 10.7. The Morgan fingerprint density at radius 1 is 1.35 bits per heavy atom. The van der Waals surface area contributed by atoms with Crippen LogP contribution in [0.4, 0.5) is 0 Å². The number of hydrogen-bond acceptors (Lipinski definition) is 5. The molecule has 6 nitrogen and oxygen atoms in total. The minimum absolute atomic E-state index is 0.132. The molecule has 6 heteroatoms. The first-order valence-electron chi connectivity index (χ1n) is 6.85. The first-order chi connectivity index (χ1) is 9.75. The van der Waals surface area contributed by atoms with E-state index in [1.807, 2.05) is 33.7 Å². The lowest BCUT2D eigenvalue weighted by Crippen LogP contribution is -2.39. The van der Waals surface area contributed by atoms with Gasteiger partial charge in [-0.3, -0.25) is 4.99 Å². The standard InChI is InChI=1S/C14H16N4O2/c19-11-4-6-18-10(8-16-13(11)18)12(20)14-15-7-9-3-1-2-5-17(9)14/h1-3,5,7,10-12,19-20H,4,6,8H2. The van der Waals surface area contributed by atoms with E-state index in [9.17, 15) is 10.2 Å². The van der Waals surface area contributed by atoms with Crippen LogP contribution in [0, 0.1) is 0 Å². The number of fused-ring (bicyclic) bond motifs is 2. The largest absolute Gasteiger partial charge is 0.385 e. The minimum Gasteiger partial charge on any atom is -0.385 e. The molecule has 4 heterocycles. The maximum Gasteiger partial charge on any atom is 0.144 e. The summed E-state index contributed by atoms with van der Waals surface area (Å²) >= 11 is 0. The highest BCUT2D eigenvalue weighted by molar-refractivity contribution is 5.90. The quantitative estimate of drug-likeness (QED) is 0.820. The van der Waals surface area contributed by atoms with Gasteiger partial charge in [-0.25, -0.2) is 4.98 Å². The SMILES string of the molecule is OC1CCN2C1=NCC2C(O)c1ncc2ccccn12. The fraction of sp³-hybridized carbons (Fsp3) is 0.429. The fourth-order valence-corrected chi connectivity index (χ4v) is 3.14. The Labute approximate surface area is 116 Å². The van der Waals surface area contributed by atoms with Crippen LogP contribution >= 0.6 is 0 Å². The molecule has 20 heavy (non-hydrogen) atoms. The van der Waals surface area contributed by atoms with Crippen LogP contribution in [0.1, 0.15) is 18.3 Å². The lowest BCUT2D eigenvalue weighted by Gasteiger charge is -2.26. The number of amidine groups is 1. The number of hydrogen-bond donors (Lipinski definition) is 2. The predicted octanol–water partition coefficient (Wildman–Crippen LogP) is 0.215. The summed E-state index contributed by atoms with van der Waals surface area (Å²) in [5.74, 6) is 1.35. The number of aromatic nitrogens is 2. The first-order valence-corrected chi connectivity index (χ1v) is 6.85. The van der Waals surface area contributed by atoms with E-state index < -0.39 is 12.2 Å². The maximum absolute atomic E-state index is 10.7. The molecule has 3 atom stereocenters. The second-order valence-corrected chi connectivity index (χ2v) is 5.32. The molecule has 104 valence electrons. The molecule has 4 rings (SSSR count). The average molecular weight is 272 g/mol. The Kier molecular flexibility index (Phi) is 2.55. The number of imidazole rings is 1. The summed E-state index contributed by atoms with van der Waals surface area (Å²) in [6, 6.07) is 5.69. The zero-order valence-corrected chi connectivity index (χ0v) is 10.9. The monoisotopic (exact) mass is 272 g/mol. The lowest BCUT2D eigenvalue weighted by atomic mass is 10.1. The molecule has 0 aromatic carbocycles. The van der Waals surface area contributed by atoms with E-state index in [1.54, 1.807) is 6.20 Å². The third-order valence-electron chi connectivity index (χ3n) is 4.17. The topological polar surface area (TPSA) is 73.4 Å². The molecule has 1 saturated heterocycles. The highest BCUT2D eigenvalue weighted by Crippen LogP contribution is 2.29. The number of rotatable bonds is 2. The Balaban J connectivity index is 1.67. The lowest BCUT2D eigenvalue weighted by molar-refractivity contribution is 0.0916. The van der Waals surface area contributed by atoms with Crippen LogP contribution in [-0.4, -0.2) is 55.6 Å². The summed E-state index contributed by atoms with van der Waals surface area (Å²) in [7, 11) is 0. The Morgan fingerprint density at radius 2 is 2.25 bits per heavy atom. The molecule has 2 N–H and O–H groups in total. The van der Waals surface area contributed by atoms with E-state index in [0.717, 1.165) is 17.9 Å². The fourth-order valence-electron chi connectivity index (χ4n) is 3.14. The van der Waals surface area contributed by atoms with Gasteiger partial charge in [0.1, 0.15) is 23.9 Å². The molecule has 0 amide bonds. The van der Waals surface area contributed by atoms with Crippen molar-refractivity contribution in [3.8, 4) is 0 Å². The summed E-state index contributed by atoms with van der Waals surface area (Å²) in [6.07, 6.45) is 3.14. The average Bonchev–Trinajstić information content (AvgIpc) is 3.14. The number of aliphatic imine (C=N–C) groups is 1. The molecule has 2 aromatic rings. The molecule has 2 aliphatic rings. The normalized spacial score (nSPS) is 26.9. The molecule has 2 aromatic heterocycles. The second-order valence-electron chi connectivity index (χ2n) is 5.32. The van der Waals surface area contributed by atoms with Gasteiger partial charge in [0.25, 0.3) is 0 Å². The molecule has 0 aliphatic carbocycles. The van der Waals surface area contributed by atoms with Gasteiger partial charge in [0.15, 0.2) is 0 Å². The summed E-state index contributed by atoms with van der Waals surface area (Å²) in [5, 5.41) is 20.5. The van der Waals surface area contributed by atoms with Gasteiger partial charge in [-0.15, -0.1) is 0 Å². The van der Waals surface area contributed by atoms with Crippen molar-refractivity contribution in [3.63, 3.8) is 0 Å². The number of aliphatic hydroxyl groups excluding tert-OH is 2. The highest BCUT2D eigenvalue weighted by atomic mass is 16.3. The number of aliphatic hydroxyl groups is 2. The van der Waals surface area contributed by atoms with Crippen molar-refractivity contribution in [2.75, 3.05) is 13.1 Å². The van der Waals surface area contributed by atoms with Crippen LogP contribution in [0.2, 0.25) is 0 Å². The first kappa shape index (κ1) is 11.9. The third-order valence-corrected chi connectivity index (χ3v) is 4.17. The summed E-state index contributed by atoms with van der Waals surface area (Å²) in [5.41, 5.74) is 0.960. The van der Waals surface area contributed by atoms with Crippen molar-refractivity contribution in [2.24, 2.45) is 4.99 Å². The van der Waals surface area contributed by atoms with Crippen LogP contribution in [0.5, 0.6) is 0 Å². The van der Waals surface area contributed by atoms with Crippen LogP contribution in [0.15, 0.2) is 35.6 Å². The van der Waals surface area contributed by atoms with Gasteiger partial charge in [-0.1, -0.05) is 6.07 Å². The molecular weight excluding hydrogens is 256 g/mol. The van der Waals surface area contributed by atoms with E-state index in [2.05, 4.69) is 9.98 Å². The Hall–Kier alpha value is -1.92. The Bertz CT molecular complexity index is 681. The zero-order valence-electron chi connectivity index (χ0n) is 10.9. The summed E-state index contributed by atoms with van der Waals surface area (Å²) < 4.78 is 1.90. The Morgan fingerprint density at radius 3 is 3.15 bits per heavy atom. The van der Waals surface area contributed by atoms with E-state index in [1.165, 1.54) is 0 Å². The predicted molar refractivity (Wildman–Crippen MR) is 73.6 cm³/mol. The van der Waals surface area contributed by atoms with Crippen LogP contribution in [0.25, 0.3) is 5.52 Å². The number of nitrogens with zero attached hydrogens (tertiary/aromatic N) is 4. The number of pyridine rings is 1. The van der Waals surface area contributed by atoms with E-state index in [-0.39, 0.29) is 6.04 Å². The van der Waals surface area contributed by atoms with E-state index >= 15 is 0 Å². The molecule has 2 aliphatic heterocycles. The van der Waals surface area contributed by atoms with Gasteiger partial charge in [0.05, 0.1) is 24.3 Å². The van der Waals surface area contributed by atoms with E-state index in [4.69, 9.17) is 0 Å². The molecule has 0 bridgehead atoms. The van der Waals surface area contributed by atoms with Crippen molar-refractivity contribution >= 4 is 11.4 Å². The molecule has 0 saturated carbocycles. The van der Waals surface area contributed by atoms with Gasteiger partial charge in [0.2, 0.25) is 0 Å². The van der Waals surface area contributed by atoms with Gasteiger partial charge < -0.3 is 19.5 Å². The van der Waals surface area contributed by atoms with Crippen LogP contribution in [0.3, 0.4) is 0 Å². The second kappa shape index (κ2) is 4.29.